The topological polar surface area (TPSA) is 42.0 Å². The van der Waals surface area contributed by atoms with Crippen LogP contribution in [0.3, 0.4) is 0 Å². The van der Waals surface area contributed by atoms with Crippen molar-refractivity contribution in [1.29, 1.82) is 0 Å². The van der Waals surface area contributed by atoms with Crippen molar-refractivity contribution in [3.63, 3.8) is 0 Å². The predicted octanol–water partition coefficient (Wildman–Crippen LogP) is 4.90. The molecule has 3 aromatic rings. The zero-order valence-corrected chi connectivity index (χ0v) is 13.1. The molecule has 3 rings (SSSR count). The van der Waals surface area contributed by atoms with Gasteiger partial charge in [-0.3, -0.25) is 9.78 Å². The molecule has 3 nitrogen and oxygen atoms in total. The molecule has 0 saturated carbocycles. The van der Waals surface area contributed by atoms with Gasteiger partial charge < -0.3 is 5.32 Å². The molecule has 1 aromatic heterocycles. The third-order valence-electron chi connectivity index (χ3n) is 3.07. The van der Waals surface area contributed by atoms with Gasteiger partial charge in [-0.25, -0.2) is 0 Å². The Kier molecular flexibility index (Phi) is 3.90. The number of pyridine rings is 1. The SMILES string of the molecule is O=C(Nc1cc(Cl)ccc1Br)c1cccc2ncccc12. The van der Waals surface area contributed by atoms with Gasteiger partial charge in [0.1, 0.15) is 0 Å². The molecule has 0 aliphatic heterocycles. The maximum Gasteiger partial charge on any atom is 0.256 e. The average molecular weight is 362 g/mol. The molecule has 0 unspecified atom stereocenters. The minimum atomic E-state index is -0.198. The number of halogens is 2. The van der Waals surface area contributed by atoms with Gasteiger partial charge in [-0.2, -0.15) is 0 Å². The Morgan fingerprint density at radius 3 is 2.86 bits per heavy atom. The molecule has 0 bridgehead atoms. The van der Waals surface area contributed by atoms with Gasteiger partial charge in [-0.15, -0.1) is 0 Å². The van der Waals surface area contributed by atoms with Crippen molar-refractivity contribution in [2.45, 2.75) is 0 Å². The van der Waals surface area contributed by atoms with E-state index in [4.69, 9.17) is 11.6 Å². The molecular formula is C16H10BrClN2O. The van der Waals surface area contributed by atoms with Crippen LogP contribution in [-0.2, 0) is 0 Å². The number of carbonyl (C=O) groups excluding carboxylic acids is 1. The lowest BCUT2D eigenvalue weighted by molar-refractivity contribution is 0.102. The first kappa shape index (κ1) is 14.0. The van der Waals surface area contributed by atoms with Crippen LogP contribution in [0.5, 0.6) is 0 Å². The second kappa shape index (κ2) is 5.84. The zero-order chi connectivity index (χ0) is 14.8. The van der Waals surface area contributed by atoms with E-state index in [1.807, 2.05) is 24.3 Å². The summed E-state index contributed by atoms with van der Waals surface area (Å²) in [4.78, 5) is 16.7. The molecule has 104 valence electrons. The van der Waals surface area contributed by atoms with Crippen molar-refractivity contribution in [1.82, 2.24) is 4.98 Å². The Morgan fingerprint density at radius 1 is 1.14 bits per heavy atom. The molecule has 0 spiro atoms. The van der Waals surface area contributed by atoms with Crippen LogP contribution < -0.4 is 5.32 Å². The lowest BCUT2D eigenvalue weighted by Gasteiger charge is -2.09. The van der Waals surface area contributed by atoms with Gasteiger partial charge in [-0.05, 0) is 52.3 Å². The summed E-state index contributed by atoms with van der Waals surface area (Å²) in [5.41, 5.74) is 2.00. The largest absolute Gasteiger partial charge is 0.321 e. The number of hydrogen-bond acceptors (Lipinski definition) is 2. The van der Waals surface area contributed by atoms with Crippen LogP contribution in [0.15, 0.2) is 59.2 Å². The van der Waals surface area contributed by atoms with Crippen LogP contribution in [0.4, 0.5) is 5.69 Å². The number of anilines is 1. The fraction of sp³-hybridized carbons (Fsp3) is 0. The van der Waals surface area contributed by atoms with Crippen molar-refractivity contribution >= 4 is 50.0 Å². The molecule has 2 aromatic carbocycles. The molecule has 0 aliphatic carbocycles. The van der Waals surface area contributed by atoms with E-state index in [9.17, 15) is 4.79 Å². The molecule has 0 atom stereocenters. The number of nitrogens with one attached hydrogen (secondary N) is 1. The summed E-state index contributed by atoms with van der Waals surface area (Å²) in [7, 11) is 0. The summed E-state index contributed by atoms with van der Waals surface area (Å²) < 4.78 is 0.776. The van der Waals surface area contributed by atoms with Crippen LogP contribution >= 0.6 is 27.5 Å². The molecule has 0 fully saturated rings. The van der Waals surface area contributed by atoms with Crippen molar-refractivity contribution in [2.75, 3.05) is 5.32 Å². The number of rotatable bonds is 2. The van der Waals surface area contributed by atoms with E-state index in [1.165, 1.54) is 0 Å². The Morgan fingerprint density at radius 2 is 2.00 bits per heavy atom. The maximum atomic E-state index is 12.5. The van der Waals surface area contributed by atoms with E-state index in [2.05, 4.69) is 26.2 Å². The summed E-state index contributed by atoms with van der Waals surface area (Å²) in [6.45, 7) is 0. The molecular weight excluding hydrogens is 352 g/mol. The van der Waals surface area contributed by atoms with Gasteiger partial charge in [0.25, 0.3) is 5.91 Å². The molecule has 0 aliphatic rings. The Balaban J connectivity index is 1.99. The first-order valence-corrected chi connectivity index (χ1v) is 7.42. The fourth-order valence-corrected chi connectivity index (χ4v) is 2.60. The van der Waals surface area contributed by atoms with E-state index in [1.54, 1.807) is 30.5 Å². The Hall–Kier alpha value is -1.91. The lowest BCUT2D eigenvalue weighted by atomic mass is 10.1. The third-order valence-corrected chi connectivity index (χ3v) is 3.99. The van der Waals surface area contributed by atoms with E-state index < -0.39 is 0 Å². The van der Waals surface area contributed by atoms with Gasteiger partial charge in [0, 0.05) is 26.6 Å². The van der Waals surface area contributed by atoms with Crippen molar-refractivity contribution < 1.29 is 4.79 Å². The van der Waals surface area contributed by atoms with Gasteiger partial charge in [-0.1, -0.05) is 23.7 Å². The molecule has 1 N–H and O–H groups in total. The lowest BCUT2D eigenvalue weighted by Crippen LogP contribution is -2.12. The molecule has 5 heteroatoms. The van der Waals surface area contributed by atoms with Crippen molar-refractivity contribution in [2.24, 2.45) is 0 Å². The molecule has 0 radical (unpaired) electrons. The first-order chi connectivity index (χ1) is 10.1. The van der Waals surface area contributed by atoms with Crippen LogP contribution in [0.2, 0.25) is 5.02 Å². The van der Waals surface area contributed by atoms with Crippen molar-refractivity contribution in [3.8, 4) is 0 Å². The van der Waals surface area contributed by atoms with Crippen molar-refractivity contribution in [3.05, 3.63) is 69.8 Å². The zero-order valence-electron chi connectivity index (χ0n) is 10.8. The number of nitrogens with zero attached hydrogens (tertiary/aromatic N) is 1. The van der Waals surface area contributed by atoms with E-state index in [0.717, 1.165) is 15.4 Å². The second-order valence-corrected chi connectivity index (χ2v) is 5.74. The van der Waals surface area contributed by atoms with Crippen LogP contribution in [0.1, 0.15) is 10.4 Å². The highest BCUT2D eigenvalue weighted by molar-refractivity contribution is 9.10. The predicted molar refractivity (Wildman–Crippen MR) is 88.8 cm³/mol. The van der Waals surface area contributed by atoms with E-state index in [-0.39, 0.29) is 5.91 Å². The number of amides is 1. The second-order valence-electron chi connectivity index (χ2n) is 4.45. The molecule has 0 saturated heterocycles. The highest BCUT2D eigenvalue weighted by atomic mass is 79.9. The summed E-state index contributed by atoms with van der Waals surface area (Å²) >= 11 is 9.35. The summed E-state index contributed by atoms with van der Waals surface area (Å²) in [6.07, 6.45) is 1.71. The van der Waals surface area contributed by atoms with E-state index in [0.29, 0.717) is 16.3 Å². The minimum Gasteiger partial charge on any atom is -0.321 e. The van der Waals surface area contributed by atoms with Gasteiger partial charge in [0.15, 0.2) is 0 Å². The summed E-state index contributed by atoms with van der Waals surface area (Å²) in [5.74, 6) is -0.198. The monoisotopic (exact) mass is 360 g/mol. The quantitative estimate of drug-likeness (QED) is 0.705. The number of aromatic nitrogens is 1. The number of fused-ring (bicyclic) bond motifs is 1. The summed E-state index contributed by atoms with van der Waals surface area (Å²) in [6, 6.07) is 14.4. The first-order valence-electron chi connectivity index (χ1n) is 6.25. The highest BCUT2D eigenvalue weighted by Gasteiger charge is 2.12. The Bertz CT molecular complexity index is 830. The normalized spacial score (nSPS) is 10.6. The average Bonchev–Trinajstić information content (AvgIpc) is 2.50. The number of benzene rings is 2. The third kappa shape index (κ3) is 2.91. The number of carbonyl (C=O) groups is 1. The fourth-order valence-electron chi connectivity index (χ4n) is 2.08. The molecule has 1 amide bonds. The summed E-state index contributed by atoms with van der Waals surface area (Å²) in [5, 5.41) is 4.24. The number of hydrogen-bond donors (Lipinski definition) is 1. The highest BCUT2D eigenvalue weighted by Crippen LogP contribution is 2.27. The van der Waals surface area contributed by atoms with Gasteiger partial charge >= 0.3 is 0 Å². The van der Waals surface area contributed by atoms with Crippen LogP contribution in [0, 0.1) is 0 Å². The molecule has 21 heavy (non-hydrogen) atoms. The smallest absolute Gasteiger partial charge is 0.256 e. The van der Waals surface area contributed by atoms with Gasteiger partial charge in [0.05, 0.1) is 11.2 Å². The standard InChI is InChI=1S/C16H10BrClN2O/c17-13-7-6-10(18)9-15(13)20-16(21)12-3-1-5-14-11(12)4-2-8-19-14/h1-9H,(H,20,21). The van der Waals surface area contributed by atoms with Crippen LogP contribution in [-0.4, -0.2) is 10.9 Å². The molecule has 1 heterocycles. The van der Waals surface area contributed by atoms with Crippen LogP contribution in [0.25, 0.3) is 10.9 Å². The Labute approximate surface area is 135 Å². The van der Waals surface area contributed by atoms with Gasteiger partial charge in [0.2, 0.25) is 0 Å². The minimum absolute atomic E-state index is 0.198. The maximum absolute atomic E-state index is 12.5. The van der Waals surface area contributed by atoms with E-state index >= 15 is 0 Å².